The zero-order chi connectivity index (χ0) is 11.4. The molecule has 0 spiro atoms. The number of allylic oxidation sites excluding steroid dienone is 1. The van der Waals surface area contributed by atoms with Crippen molar-refractivity contribution in [2.45, 2.75) is 0 Å². The molecule has 1 aromatic heterocycles. The molecule has 0 saturated heterocycles. The summed E-state index contributed by atoms with van der Waals surface area (Å²) in [5.74, 6) is -1.18. The molecule has 4 nitrogen and oxygen atoms in total. The zero-order valence-corrected chi connectivity index (χ0v) is 9.25. The zero-order valence-electron chi connectivity index (χ0n) is 8.43. The quantitative estimate of drug-likeness (QED) is 0.626. The summed E-state index contributed by atoms with van der Waals surface area (Å²) in [6.45, 7) is 0. The fourth-order valence-electron chi connectivity index (χ4n) is 0.884. The number of carbonyl (C=O) groups is 2. The molecule has 0 amide bonds. The molecule has 0 aliphatic carbocycles. The van der Waals surface area contributed by atoms with Gasteiger partial charge in [-0.15, -0.1) is 11.3 Å². The number of aromatic carboxylic acids is 1. The first-order valence-electron chi connectivity index (χ1n) is 4.23. The summed E-state index contributed by atoms with van der Waals surface area (Å²) in [7, 11) is 3.61. The van der Waals surface area contributed by atoms with Crippen molar-refractivity contribution < 1.29 is 14.7 Å². The molecule has 0 aliphatic heterocycles. The van der Waals surface area contributed by atoms with Gasteiger partial charge in [0, 0.05) is 26.4 Å². The number of carbonyl (C=O) groups excluding carboxylic acids is 1. The van der Waals surface area contributed by atoms with Gasteiger partial charge in [-0.2, -0.15) is 0 Å². The maximum absolute atomic E-state index is 11.5. The largest absolute Gasteiger partial charge is 0.477 e. The number of nitrogens with zero attached hydrogens (tertiary/aromatic N) is 1. The molecule has 0 unspecified atom stereocenters. The highest BCUT2D eigenvalue weighted by atomic mass is 32.1. The minimum absolute atomic E-state index is 0.177. The molecule has 80 valence electrons. The average molecular weight is 225 g/mol. The fraction of sp³-hybridized carbons (Fsp3) is 0.200. The molecule has 15 heavy (non-hydrogen) atoms. The maximum atomic E-state index is 11.5. The van der Waals surface area contributed by atoms with Gasteiger partial charge in [-0.05, 0) is 12.1 Å². The third-order valence-electron chi connectivity index (χ3n) is 1.58. The van der Waals surface area contributed by atoms with Gasteiger partial charge in [0.2, 0.25) is 0 Å². The Bertz CT molecular complexity index is 407. The maximum Gasteiger partial charge on any atom is 0.345 e. The Labute approximate surface area is 91.4 Å². The first kappa shape index (κ1) is 11.5. The molecular formula is C10H11NO3S. The molecule has 0 fully saturated rings. The van der Waals surface area contributed by atoms with Gasteiger partial charge in [0.25, 0.3) is 0 Å². The van der Waals surface area contributed by atoms with Gasteiger partial charge in [-0.3, -0.25) is 4.79 Å². The minimum atomic E-state index is -1.00. The molecule has 1 heterocycles. The number of rotatable bonds is 4. The van der Waals surface area contributed by atoms with Crippen molar-refractivity contribution >= 4 is 23.1 Å². The van der Waals surface area contributed by atoms with E-state index in [9.17, 15) is 9.59 Å². The summed E-state index contributed by atoms with van der Waals surface area (Å²) in [4.78, 5) is 24.4. The Balaban J connectivity index is 2.79. The predicted molar refractivity (Wildman–Crippen MR) is 58.4 cm³/mol. The highest BCUT2D eigenvalue weighted by Gasteiger charge is 2.10. The molecule has 0 radical (unpaired) electrons. The summed E-state index contributed by atoms with van der Waals surface area (Å²) in [5.41, 5.74) is 0. The van der Waals surface area contributed by atoms with Gasteiger partial charge in [0.05, 0.1) is 4.88 Å². The monoisotopic (exact) mass is 225 g/mol. The van der Waals surface area contributed by atoms with E-state index < -0.39 is 5.97 Å². The van der Waals surface area contributed by atoms with Crippen LogP contribution >= 0.6 is 11.3 Å². The van der Waals surface area contributed by atoms with Crippen LogP contribution in [0.25, 0.3) is 0 Å². The van der Waals surface area contributed by atoms with E-state index in [1.165, 1.54) is 18.2 Å². The van der Waals surface area contributed by atoms with Crippen LogP contribution in [0.3, 0.4) is 0 Å². The lowest BCUT2D eigenvalue weighted by Gasteiger charge is -2.01. The molecule has 0 aliphatic rings. The van der Waals surface area contributed by atoms with Crippen molar-refractivity contribution in [3.8, 4) is 0 Å². The molecule has 1 rings (SSSR count). The van der Waals surface area contributed by atoms with E-state index in [0.717, 1.165) is 11.3 Å². The van der Waals surface area contributed by atoms with Crippen LogP contribution in [0, 0.1) is 0 Å². The predicted octanol–water partition coefficient (Wildman–Crippen LogP) is 1.70. The Morgan fingerprint density at radius 2 is 1.93 bits per heavy atom. The lowest BCUT2D eigenvalue weighted by Crippen LogP contribution is -2.02. The van der Waals surface area contributed by atoms with Crippen LogP contribution in [0.15, 0.2) is 24.4 Å². The van der Waals surface area contributed by atoms with Crippen LogP contribution in [-0.4, -0.2) is 35.9 Å². The Morgan fingerprint density at radius 1 is 1.33 bits per heavy atom. The van der Waals surface area contributed by atoms with Crippen LogP contribution in [-0.2, 0) is 0 Å². The average Bonchev–Trinajstić information content (AvgIpc) is 2.62. The van der Waals surface area contributed by atoms with E-state index in [4.69, 9.17) is 5.11 Å². The molecule has 1 aromatic rings. The molecule has 1 N–H and O–H groups in total. The minimum Gasteiger partial charge on any atom is -0.477 e. The standard InChI is InChI=1S/C10H11NO3S/c1-11(2)6-5-7(12)8-3-4-9(15-8)10(13)14/h3-6H,1-2H3,(H,13,14)/b6-5+. The topological polar surface area (TPSA) is 57.6 Å². The van der Waals surface area contributed by atoms with E-state index in [-0.39, 0.29) is 10.7 Å². The highest BCUT2D eigenvalue weighted by Crippen LogP contribution is 2.17. The van der Waals surface area contributed by atoms with E-state index in [2.05, 4.69) is 0 Å². The molecular weight excluding hydrogens is 214 g/mol. The second kappa shape index (κ2) is 4.75. The number of hydrogen-bond acceptors (Lipinski definition) is 4. The van der Waals surface area contributed by atoms with Crippen LogP contribution in [0.1, 0.15) is 19.3 Å². The number of carboxylic acids is 1. The van der Waals surface area contributed by atoms with Gasteiger partial charge >= 0.3 is 5.97 Å². The molecule has 0 saturated carbocycles. The van der Waals surface area contributed by atoms with Crippen molar-refractivity contribution in [2.24, 2.45) is 0 Å². The second-order valence-electron chi connectivity index (χ2n) is 3.11. The Kier molecular flexibility index (Phi) is 3.62. The number of ketones is 1. The number of hydrogen-bond donors (Lipinski definition) is 1. The van der Waals surface area contributed by atoms with Crippen LogP contribution < -0.4 is 0 Å². The summed E-state index contributed by atoms with van der Waals surface area (Å²) in [6.07, 6.45) is 3.04. The molecule has 0 aromatic carbocycles. The summed E-state index contributed by atoms with van der Waals surface area (Å²) in [5, 5.41) is 8.67. The van der Waals surface area contributed by atoms with E-state index in [1.54, 1.807) is 25.2 Å². The molecule has 0 bridgehead atoms. The lowest BCUT2D eigenvalue weighted by atomic mass is 10.3. The summed E-state index contributed by atoms with van der Waals surface area (Å²) in [6, 6.07) is 2.96. The van der Waals surface area contributed by atoms with Crippen molar-refractivity contribution in [1.29, 1.82) is 0 Å². The Morgan fingerprint density at radius 3 is 2.40 bits per heavy atom. The number of thiophene rings is 1. The first-order chi connectivity index (χ1) is 7.00. The van der Waals surface area contributed by atoms with Crippen molar-refractivity contribution in [3.05, 3.63) is 34.2 Å². The van der Waals surface area contributed by atoms with Gasteiger partial charge in [0.15, 0.2) is 5.78 Å². The molecule has 5 heteroatoms. The van der Waals surface area contributed by atoms with Gasteiger partial charge in [-0.25, -0.2) is 4.79 Å². The van der Waals surface area contributed by atoms with Gasteiger partial charge in [-0.1, -0.05) is 0 Å². The first-order valence-corrected chi connectivity index (χ1v) is 5.04. The van der Waals surface area contributed by atoms with E-state index in [1.807, 2.05) is 0 Å². The second-order valence-corrected chi connectivity index (χ2v) is 4.20. The summed E-state index contributed by atoms with van der Waals surface area (Å²) < 4.78 is 0. The third kappa shape index (κ3) is 3.21. The fourth-order valence-corrected chi connectivity index (χ4v) is 1.65. The Hall–Kier alpha value is -1.62. The normalized spacial score (nSPS) is 10.5. The SMILES string of the molecule is CN(C)/C=C/C(=O)c1ccc(C(=O)O)s1. The van der Waals surface area contributed by atoms with Crippen LogP contribution in [0.2, 0.25) is 0 Å². The van der Waals surface area contributed by atoms with Crippen LogP contribution in [0.5, 0.6) is 0 Å². The van der Waals surface area contributed by atoms with Crippen molar-refractivity contribution in [3.63, 3.8) is 0 Å². The third-order valence-corrected chi connectivity index (χ3v) is 2.67. The van der Waals surface area contributed by atoms with Crippen LogP contribution in [0.4, 0.5) is 0 Å². The molecule has 0 atom stereocenters. The van der Waals surface area contributed by atoms with Crippen molar-refractivity contribution in [1.82, 2.24) is 4.90 Å². The lowest BCUT2D eigenvalue weighted by molar-refractivity contribution is 0.0702. The van der Waals surface area contributed by atoms with Crippen molar-refractivity contribution in [2.75, 3.05) is 14.1 Å². The van der Waals surface area contributed by atoms with Gasteiger partial charge < -0.3 is 10.0 Å². The highest BCUT2D eigenvalue weighted by molar-refractivity contribution is 7.16. The van der Waals surface area contributed by atoms with E-state index >= 15 is 0 Å². The van der Waals surface area contributed by atoms with E-state index in [0.29, 0.717) is 4.88 Å². The smallest absolute Gasteiger partial charge is 0.345 e. The number of carboxylic acid groups (broad SMARTS) is 1. The summed E-state index contributed by atoms with van der Waals surface area (Å²) >= 11 is 0.982. The van der Waals surface area contributed by atoms with Gasteiger partial charge in [0.1, 0.15) is 4.88 Å².